The van der Waals surface area contributed by atoms with Crippen molar-refractivity contribution in [1.29, 1.82) is 0 Å². The maximum absolute atomic E-state index is 13.8. The van der Waals surface area contributed by atoms with Crippen LogP contribution in [-0.2, 0) is 0 Å². The van der Waals surface area contributed by atoms with Crippen molar-refractivity contribution in [2.45, 2.75) is 0 Å². The third kappa shape index (κ3) is 3.27. The number of nitrogens with two attached hydrogens (primary N) is 2. The second-order valence-corrected chi connectivity index (χ2v) is 5.68. The Morgan fingerprint density at radius 1 is 0.885 bits per heavy atom. The van der Waals surface area contributed by atoms with Crippen LogP contribution in [0, 0.1) is 11.6 Å². The third-order valence-electron chi connectivity index (χ3n) is 3.87. The summed E-state index contributed by atoms with van der Waals surface area (Å²) in [7, 11) is 0. The molecule has 0 spiro atoms. The monoisotopic (exact) mass is 355 g/mol. The average Bonchev–Trinajstić information content (AvgIpc) is 2.60. The van der Waals surface area contributed by atoms with Gasteiger partial charge in [-0.05, 0) is 53.1 Å². The molecule has 0 atom stereocenters. The quantitative estimate of drug-likeness (QED) is 0.189. The molecule has 26 heavy (non-hydrogen) atoms. The summed E-state index contributed by atoms with van der Waals surface area (Å²) in [5.41, 5.74) is 13.9. The Balaban J connectivity index is 2.39. The summed E-state index contributed by atoms with van der Waals surface area (Å²) in [5, 5.41) is 21.6. The van der Waals surface area contributed by atoms with Gasteiger partial charge in [-0.3, -0.25) is 0 Å². The zero-order valence-corrected chi connectivity index (χ0v) is 13.4. The van der Waals surface area contributed by atoms with Crippen molar-refractivity contribution in [2.24, 2.45) is 10.9 Å². The van der Waals surface area contributed by atoms with Crippen LogP contribution in [0.3, 0.4) is 0 Å². The standard InChI is InChI=1S/C19H15F2N3O2/c20-12-5-11(6-13(21)7-12)18-16(10-1-3-15(25)4-2-10)8-14(22)9-17(18)19(23)24-26/h1-9,25-26H,22H2,(H2,23,24). The molecule has 0 radical (unpaired) electrons. The molecule has 0 saturated heterocycles. The molecule has 0 aliphatic carbocycles. The van der Waals surface area contributed by atoms with Gasteiger partial charge in [-0.15, -0.1) is 0 Å². The van der Waals surface area contributed by atoms with Crippen molar-refractivity contribution in [3.63, 3.8) is 0 Å². The molecule has 3 aromatic carbocycles. The summed E-state index contributed by atoms with van der Waals surface area (Å²) in [5.74, 6) is -1.72. The van der Waals surface area contributed by atoms with Crippen molar-refractivity contribution in [1.82, 2.24) is 0 Å². The summed E-state index contributed by atoms with van der Waals surface area (Å²) in [6, 6.07) is 12.3. The molecule has 0 aliphatic heterocycles. The van der Waals surface area contributed by atoms with E-state index in [-0.39, 0.29) is 22.7 Å². The van der Waals surface area contributed by atoms with Crippen LogP contribution < -0.4 is 11.5 Å². The lowest BCUT2D eigenvalue weighted by Gasteiger charge is -2.16. The van der Waals surface area contributed by atoms with Gasteiger partial charge in [-0.25, -0.2) is 8.78 Å². The molecular formula is C19H15F2N3O2. The Bertz CT molecular complexity index is 982. The van der Waals surface area contributed by atoms with Crippen molar-refractivity contribution in [3.05, 3.63) is 71.8 Å². The highest BCUT2D eigenvalue weighted by Gasteiger charge is 2.18. The number of hydrogen-bond donors (Lipinski definition) is 4. The number of halogens is 2. The molecule has 0 heterocycles. The fourth-order valence-electron chi connectivity index (χ4n) is 2.80. The molecule has 7 heteroatoms. The van der Waals surface area contributed by atoms with Crippen molar-refractivity contribution >= 4 is 11.5 Å². The van der Waals surface area contributed by atoms with E-state index in [1.54, 1.807) is 18.2 Å². The van der Waals surface area contributed by atoms with Crippen LogP contribution in [0.15, 0.2) is 59.8 Å². The van der Waals surface area contributed by atoms with Crippen LogP contribution in [0.1, 0.15) is 5.56 Å². The summed E-state index contributed by atoms with van der Waals surface area (Å²) >= 11 is 0. The molecule has 3 rings (SSSR count). The number of amidine groups is 1. The molecule has 0 unspecified atom stereocenters. The first-order valence-electron chi connectivity index (χ1n) is 7.56. The summed E-state index contributed by atoms with van der Waals surface area (Å²) < 4.78 is 27.6. The first-order chi connectivity index (χ1) is 12.4. The maximum atomic E-state index is 13.8. The van der Waals surface area contributed by atoms with Crippen LogP contribution in [-0.4, -0.2) is 16.1 Å². The second-order valence-electron chi connectivity index (χ2n) is 5.68. The third-order valence-corrected chi connectivity index (χ3v) is 3.87. The Kier molecular flexibility index (Phi) is 4.45. The number of rotatable bonds is 3. The zero-order chi connectivity index (χ0) is 18.8. The Morgan fingerprint density at radius 3 is 2.08 bits per heavy atom. The normalized spacial score (nSPS) is 11.5. The first-order valence-corrected chi connectivity index (χ1v) is 7.56. The van der Waals surface area contributed by atoms with E-state index in [2.05, 4.69) is 5.16 Å². The predicted octanol–water partition coefficient (Wildman–Crippen LogP) is 3.68. The number of anilines is 1. The first kappa shape index (κ1) is 17.2. The van der Waals surface area contributed by atoms with Gasteiger partial charge in [-0.1, -0.05) is 17.3 Å². The van der Waals surface area contributed by atoms with Gasteiger partial charge in [-0.2, -0.15) is 0 Å². The predicted molar refractivity (Wildman–Crippen MR) is 95.8 cm³/mol. The van der Waals surface area contributed by atoms with Crippen LogP contribution >= 0.6 is 0 Å². The van der Waals surface area contributed by atoms with Gasteiger partial charge in [0.1, 0.15) is 17.4 Å². The SMILES string of the molecule is N/C(=N\O)c1cc(N)cc(-c2ccc(O)cc2)c1-c1cc(F)cc(F)c1. The fraction of sp³-hybridized carbons (Fsp3) is 0. The molecule has 0 aliphatic rings. The lowest BCUT2D eigenvalue weighted by molar-refractivity contribution is 0.318. The average molecular weight is 355 g/mol. The van der Waals surface area contributed by atoms with Gasteiger partial charge in [0.05, 0.1) is 0 Å². The molecule has 5 nitrogen and oxygen atoms in total. The molecule has 0 amide bonds. The van der Waals surface area contributed by atoms with E-state index in [9.17, 15) is 13.9 Å². The number of benzene rings is 3. The van der Waals surface area contributed by atoms with Gasteiger partial charge < -0.3 is 21.8 Å². The molecule has 0 fully saturated rings. The van der Waals surface area contributed by atoms with E-state index in [0.29, 0.717) is 22.4 Å². The highest BCUT2D eigenvalue weighted by molar-refractivity contribution is 6.07. The summed E-state index contributed by atoms with van der Waals surface area (Å²) in [4.78, 5) is 0. The second kappa shape index (κ2) is 6.72. The number of oxime groups is 1. The Labute approximate surface area is 147 Å². The van der Waals surface area contributed by atoms with Crippen molar-refractivity contribution in [2.75, 3.05) is 5.73 Å². The van der Waals surface area contributed by atoms with Gasteiger partial charge in [0.2, 0.25) is 0 Å². The number of aromatic hydroxyl groups is 1. The molecular weight excluding hydrogens is 340 g/mol. The van der Waals surface area contributed by atoms with Gasteiger partial charge in [0.25, 0.3) is 0 Å². The minimum absolute atomic E-state index is 0.0626. The van der Waals surface area contributed by atoms with Crippen molar-refractivity contribution in [3.8, 4) is 28.0 Å². The molecule has 132 valence electrons. The Morgan fingerprint density at radius 2 is 1.50 bits per heavy atom. The largest absolute Gasteiger partial charge is 0.508 e. The molecule has 0 bridgehead atoms. The minimum Gasteiger partial charge on any atom is -0.508 e. The highest BCUT2D eigenvalue weighted by atomic mass is 19.1. The van der Waals surface area contributed by atoms with Gasteiger partial charge in [0, 0.05) is 22.9 Å². The van der Waals surface area contributed by atoms with E-state index in [0.717, 1.165) is 18.2 Å². The lowest BCUT2D eigenvalue weighted by atomic mass is 9.89. The number of phenolic OH excluding ortho intramolecular Hbond substituents is 1. The van der Waals surface area contributed by atoms with Crippen LogP contribution in [0.25, 0.3) is 22.3 Å². The summed E-state index contributed by atoms with van der Waals surface area (Å²) in [6.45, 7) is 0. The number of nitrogen functional groups attached to an aromatic ring is 1. The smallest absolute Gasteiger partial charge is 0.170 e. The molecule has 0 saturated carbocycles. The minimum atomic E-state index is -0.765. The van der Waals surface area contributed by atoms with Gasteiger partial charge in [0.15, 0.2) is 5.84 Å². The summed E-state index contributed by atoms with van der Waals surface area (Å²) in [6.07, 6.45) is 0. The number of hydrogen-bond acceptors (Lipinski definition) is 4. The maximum Gasteiger partial charge on any atom is 0.170 e. The Hall–Kier alpha value is -3.61. The molecule has 0 aromatic heterocycles. The lowest BCUT2D eigenvalue weighted by Crippen LogP contribution is -2.15. The van der Waals surface area contributed by atoms with Crippen LogP contribution in [0.4, 0.5) is 14.5 Å². The molecule has 6 N–H and O–H groups in total. The van der Waals surface area contributed by atoms with E-state index in [4.69, 9.17) is 16.7 Å². The van der Waals surface area contributed by atoms with Crippen molar-refractivity contribution < 1.29 is 19.1 Å². The van der Waals surface area contributed by atoms with Crippen LogP contribution in [0.5, 0.6) is 5.75 Å². The fourth-order valence-corrected chi connectivity index (χ4v) is 2.80. The van der Waals surface area contributed by atoms with E-state index >= 15 is 0 Å². The van der Waals surface area contributed by atoms with E-state index in [1.807, 2.05) is 0 Å². The van der Waals surface area contributed by atoms with Gasteiger partial charge >= 0.3 is 0 Å². The van der Waals surface area contributed by atoms with Crippen LogP contribution in [0.2, 0.25) is 0 Å². The number of nitrogens with zero attached hydrogens (tertiary/aromatic N) is 1. The topological polar surface area (TPSA) is 105 Å². The zero-order valence-electron chi connectivity index (χ0n) is 13.4. The molecule has 3 aromatic rings. The number of phenols is 1. The van der Waals surface area contributed by atoms with E-state index < -0.39 is 11.6 Å². The van der Waals surface area contributed by atoms with E-state index in [1.165, 1.54) is 18.2 Å². The highest BCUT2D eigenvalue weighted by Crippen LogP contribution is 2.38.